The number of carbonyl (C=O) groups excluding carboxylic acids is 3. The lowest BCUT2D eigenvalue weighted by Gasteiger charge is -2.49. The van der Waals surface area contributed by atoms with E-state index in [1.165, 1.54) is 89.9 Å². The molecule has 24 nitrogen and oxygen atoms in total. The van der Waals surface area contributed by atoms with E-state index in [9.17, 15) is 74.9 Å². The van der Waals surface area contributed by atoms with Gasteiger partial charge in [0.15, 0.2) is 18.7 Å². The average Bonchev–Trinajstić information content (AvgIpc) is 0.778. The van der Waals surface area contributed by atoms with E-state index < -0.39 is 156 Å². The molecule has 2 aliphatic heterocycles. The minimum atomic E-state index is -5.70. The summed E-state index contributed by atoms with van der Waals surface area (Å²) in [5.74, 6) is -2.00. The van der Waals surface area contributed by atoms with Crippen LogP contribution in [0.2, 0.25) is 0 Å². The summed E-state index contributed by atoms with van der Waals surface area (Å²) in [6, 6.07) is 0. The van der Waals surface area contributed by atoms with Crippen LogP contribution in [0.3, 0.4) is 0 Å². The van der Waals surface area contributed by atoms with Crippen LogP contribution in [0.4, 0.5) is 0 Å². The Morgan fingerprint density at radius 2 is 0.722 bits per heavy atom. The Morgan fingerprint density at radius 1 is 0.392 bits per heavy atom. The number of rotatable bonds is 58. The van der Waals surface area contributed by atoms with Crippen molar-refractivity contribution in [3.8, 4) is 0 Å². The summed E-state index contributed by atoms with van der Waals surface area (Å²) in [5, 5.41) is 110. The van der Waals surface area contributed by atoms with E-state index >= 15 is 0 Å². The van der Waals surface area contributed by atoms with E-state index in [0.717, 1.165) is 135 Å². The maximum Gasteiger partial charge on any atom is 0.472 e. The van der Waals surface area contributed by atoms with Crippen LogP contribution in [0.15, 0.2) is 24.3 Å². The van der Waals surface area contributed by atoms with E-state index in [1.807, 2.05) is 0 Å². The number of ether oxygens (including phenoxy) is 7. The molecule has 0 aromatic rings. The Balaban J connectivity index is 1.73. The molecule has 3 rings (SSSR count). The van der Waals surface area contributed by atoms with E-state index in [4.69, 9.17) is 42.2 Å². The van der Waals surface area contributed by atoms with Gasteiger partial charge >= 0.3 is 25.7 Å². The summed E-state index contributed by atoms with van der Waals surface area (Å²) in [4.78, 5) is 51.0. The first-order valence-electron chi connectivity index (χ1n) is 37.6. The smallest absolute Gasteiger partial charge is 0.463 e. The molecule has 0 aromatic heterocycles. The summed E-state index contributed by atoms with van der Waals surface area (Å²) in [6.07, 6.45) is 13.8. The van der Waals surface area contributed by atoms with E-state index in [2.05, 4.69) is 45.1 Å². The van der Waals surface area contributed by atoms with Crippen molar-refractivity contribution < 1.29 is 117 Å². The lowest BCUT2D eigenvalue weighted by Crippen LogP contribution is -2.69. The molecule has 97 heavy (non-hydrogen) atoms. The van der Waals surface area contributed by atoms with Crippen LogP contribution >= 0.6 is 7.82 Å². The number of phosphoric acid groups is 1. The molecule has 1 aliphatic carbocycles. The van der Waals surface area contributed by atoms with Crippen molar-refractivity contribution in [3.05, 3.63) is 24.3 Å². The van der Waals surface area contributed by atoms with Gasteiger partial charge in [-0.2, -0.15) is 0 Å². The van der Waals surface area contributed by atoms with Gasteiger partial charge in [-0.05, 0) is 70.6 Å². The predicted molar refractivity (Wildman–Crippen MR) is 365 cm³/mol. The molecule has 11 N–H and O–H groups in total. The second-order valence-electron chi connectivity index (χ2n) is 27.0. The second-order valence-corrected chi connectivity index (χ2v) is 28.4. The van der Waals surface area contributed by atoms with Gasteiger partial charge < -0.3 is 89.1 Å². The first-order valence-corrected chi connectivity index (χ1v) is 39.1. The van der Waals surface area contributed by atoms with Crippen LogP contribution in [0.1, 0.15) is 284 Å². The molecular weight excluding hydrogens is 1280 g/mol. The van der Waals surface area contributed by atoms with Crippen molar-refractivity contribution >= 4 is 25.7 Å². The third-order valence-electron chi connectivity index (χ3n) is 18.5. The van der Waals surface area contributed by atoms with Gasteiger partial charge in [0.25, 0.3) is 0 Å². The number of hydrogen-bond acceptors (Lipinski definition) is 23. The Labute approximate surface area is 579 Å². The molecule has 2 saturated heterocycles. The minimum absolute atomic E-state index is 0.0235. The molecule has 0 aromatic carbocycles. The number of carbonyl (C=O) groups is 3. The van der Waals surface area contributed by atoms with E-state index in [-0.39, 0.29) is 19.3 Å². The van der Waals surface area contributed by atoms with E-state index in [1.54, 1.807) is 0 Å². The van der Waals surface area contributed by atoms with Gasteiger partial charge in [-0.3, -0.25) is 23.4 Å². The lowest BCUT2D eigenvalue weighted by molar-refractivity contribution is -0.360. The molecule has 3 aliphatic rings. The maximum atomic E-state index is 14.3. The summed E-state index contributed by atoms with van der Waals surface area (Å²) in [5.41, 5.74) is 0. The zero-order chi connectivity index (χ0) is 71.1. The first kappa shape index (κ1) is 88.7. The second kappa shape index (κ2) is 54.1. The highest BCUT2D eigenvalue weighted by atomic mass is 31.2. The van der Waals surface area contributed by atoms with Crippen LogP contribution in [-0.4, -0.2) is 204 Å². The van der Waals surface area contributed by atoms with Gasteiger partial charge in [0.05, 0.1) is 13.2 Å². The van der Waals surface area contributed by atoms with Crippen molar-refractivity contribution in [2.75, 3.05) is 26.4 Å². The molecule has 3 fully saturated rings. The number of unbranched alkanes of at least 4 members (excludes halogenated alkanes) is 33. The van der Waals surface area contributed by atoms with Crippen LogP contribution in [0, 0.1) is 0 Å². The number of aliphatic hydroxyl groups excluding tert-OH is 10. The molecule has 2 heterocycles. The molecular formula is C72H131O24P. The van der Waals surface area contributed by atoms with Crippen LogP contribution in [-0.2, 0) is 61.2 Å². The Bertz CT molecular complexity index is 2110. The topological polar surface area (TPSA) is 374 Å². The fourth-order valence-electron chi connectivity index (χ4n) is 12.3. The summed E-state index contributed by atoms with van der Waals surface area (Å²) in [7, 11) is -5.70. The van der Waals surface area contributed by atoms with Gasteiger partial charge in [0.1, 0.15) is 98.7 Å². The molecule has 0 bridgehead atoms. The Morgan fingerprint density at radius 3 is 1.12 bits per heavy atom. The van der Waals surface area contributed by atoms with Gasteiger partial charge in [-0.1, -0.05) is 218 Å². The monoisotopic (exact) mass is 1410 g/mol. The van der Waals surface area contributed by atoms with E-state index in [0.29, 0.717) is 19.3 Å². The standard InChI is InChI=1S/C72H131O24P/c1-4-7-10-13-16-19-22-25-27-29-32-35-38-41-44-47-57(75)89-52-55-60(78)62(80)67(85)72(93-55)95-69-65(83)63(81)64(82)68(94-71-66(84)61(79)59(77)54(49-73)92-71)70(69)96-97(86,87)90-51-53(50-88-56(74)46-43-40-37-34-31-24-21-18-15-12-9-6-3)91-58(76)48-45-42-39-36-33-30-28-26-23-20-17-14-11-8-5-2/h19-20,22-23,53-55,59-73,77-85H,4-18,21,24-52H2,1-3H3,(H,86,87)/b22-19-,23-20-. The average molecular weight is 1410 g/mol. The van der Waals surface area contributed by atoms with Gasteiger partial charge in [-0.25, -0.2) is 4.57 Å². The molecule has 1 saturated carbocycles. The summed E-state index contributed by atoms with van der Waals surface area (Å²) < 4.78 is 65.0. The molecule has 568 valence electrons. The number of aliphatic hydroxyl groups is 10. The van der Waals surface area contributed by atoms with Crippen molar-refractivity contribution in [2.24, 2.45) is 0 Å². The zero-order valence-corrected chi connectivity index (χ0v) is 60.0. The first-order chi connectivity index (χ1) is 46.8. The van der Waals surface area contributed by atoms with Crippen LogP contribution < -0.4 is 0 Å². The number of allylic oxidation sites excluding steroid dienone is 4. The van der Waals surface area contributed by atoms with Crippen molar-refractivity contribution in [3.63, 3.8) is 0 Å². The predicted octanol–water partition coefficient (Wildman–Crippen LogP) is 10.1. The SMILES string of the molecule is CCCCCC/C=C\CCCCCCCCCC(=O)OCC1OC(OC2C(O)C(O)C(O)C(OC3OC(CO)C(O)C(O)C3O)C2OP(=O)(O)OCC(COC(=O)CCCCCCCCCCCCCC)OC(=O)CCCCCCCCC/C=C\CCCCCC)C(O)C(O)C1O. The molecule has 18 atom stereocenters. The highest BCUT2D eigenvalue weighted by molar-refractivity contribution is 7.47. The molecule has 0 radical (unpaired) electrons. The summed E-state index contributed by atoms with van der Waals surface area (Å²) >= 11 is 0. The number of phosphoric ester groups is 1. The molecule has 0 spiro atoms. The third-order valence-corrected chi connectivity index (χ3v) is 19.4. The van der Waals surface area contributed by atoms with Crippen LogP contribution in [0.5, 0.6) is 0 Å². The zero-order valence-electron chi connectivity index (χ0n) is 59.1. The fourth-order valence-corrected chi connectivity index (χ4v) is 13.2. The maximum absolute atomic E-state index is 14.3. The number of hydrogen-bond donors (Lipinski definition) is 11. The lowest BCUT2D eigenvalue weighted by atomic mass is 9.84. The van der Waals surface area contributed by atoms with Crippen LogP contribution in [0.25, 0.3) is 0 Å². The van der Waals surface area contributed by atoms with Crippen molar-refractivity contribution in [1.29, 1.82) is 0 Å². The van der Waals surface area contributed by atoms with Gasteiger partial charge in [0.2, 0.25) is 0 Å². The highest BCUT2D eigenvalue weighted by Crippen LogP contribution is 2.49. The molecule has 0 amide bonds. The van der Waals surface area contributed by atoms with Gasteiger partial charge in [-0.15, -0.1) is 0 Å². The van der Waals surface area contributed by atoms with Gasteiger partial charge in [0, 0.05) is 19.3 Å². The normalized spacial score (nSPS) is 27.9. The molecule has 25 heteroatoms. The Hall–Kier alpha value is -2.56. The van der Waals surface area contributed by atoms with Crippen molar-refractivity contribution in [2.45, 2.75) is 388 Å². The number of esters is 3. The minimum Gasteiger partial charge on any atom is -0.463 e. The quantitative estimate of drug-likeness (QED) is 0.00886. The third kappa shape index (κ3) is 37.4. The fraction of sp³-hybridized carbons (Fsp3) is 0.903. The molecule has 18 unspecified atom stereocenters. The van der Waals surface area contributed by atoms with Crippen molar-refractivity contribution in [1.82, 2.24) is 0 Å². The Kier molecular flexibility index (Phi) is 49.5. The summed E-state index contributed by atoms with van der Waals surface area (Å²) in [6.45, 7) is 3.41. The highest BCUT2D eigenvalue weighted by Gasteiger charge is 2.58. The largest absolute Gasteiger partial charge is 0.472 e.